The van der Waals surface area contributed by atoms with Crippen molar-refractivity contribution in [3.05, 3.63) is 77.1 Å². The molecular formula is C30H28ClN5O2. The molecule has 4 aromatic rings. The highest BCUT2D eigenvalue weighted by Gasteiger charge is 2.51. The largest absolute Gasteiger partial charge is 0.345 e. The van der Waals surface area contributed by atoms with E-state index in [4.69, 9.17) is 16.6 Å². The first-order valence-electron chi connectivity index (χ1n) is 13.3. The van der Waals surface area contributed by atoms with E-state index in [-0.39, 0.29) is 17.4 Å². The topological polar surface area (TPSA) is 99.8 Å². The van der Waals surface area contributed by atoms with Crippen LogP contribution in [-0.4, -0.2) is 32.3 Å². The number of pyridine rings is 1. The third-order valence-corrected chi connectivity index (χ3v) is 8.79. The Labute approximate surface area is 225 Å². The van der Waals surface area contributed by atoms with Gasteiger partial charge in [-0.3, -0.25) is 9.59 Å². The predicted molar refractivity (Wildman–Crippen MR) is 147 cm³/mol. The molecule has 0 saturated heterocycles. The second-order valence-corrected chi connectivity index (χ2v) is 11.8. The van der Waals surface area contributed by atoms with Gasteiger partial charge in [0.25, 0.3) is 11.8 Å². The average molecular weight is 526 g/mol. The number of nitrogens with zero attached hydrogens (tertiary/aromatic N) is 2. The van der Waals surface area contributed by atoms with Crippen LogP contribution in [0, 0.1) is 17.8 Å². The van der Waals surface area contributed by atoms with Crippen molar-refractivity contribution >= 4 is 40.1 Å². The zero-order valence-electron chi connectivity index (χ0n) is 20.8. The molecule has 4 aliphatic rings. The molecule has 0 aliphatic heterocycles. The van der Waals surface area contributed by atoms with Crippen LogP contribution in [0.4, 0.5) is 5.69 Å². The molecule has 2 aromatic carbocycles. The maximum atomic E-state index is 13.2. The van der Waals surface area contributed by atoms with Gasteiger partial charge >= 0.3 is 0 Å². The highest BCUT2D eigenvalue weighted by Crippen LogP contribution is 2.55. The van der Waals surface area contributed by atoms with Crippen LogP contribution in [-0.2, 0) is 0 Å². The van der Waals surface area contributed by atoms with Gasteiger partial charge in [0.05, 0.1) is 17.2 Å². The Balaban J connectivity index is 1.06. The van der Waals surface area contributed by atoms with Crippen LogP contribution >= 0.6 is 11.6 Å². The molecule has 192 valence electrons. The lowest BCUT2D eigenvalue weighted by atomic mass is 9.53. The SMILES string of the molecule is O=C(Nc1ccc(-c2nc3cc(C(=O)NC45CC6CC(CC(C6)C4)C5)ncc3[nH]2)cc1)c1ccc(Cl)cc1. The van der Waals surface area contributed by atoms with Crippen molar-refractivity contribution < 1.29 is 9.59 Å². The van der Waals surface area contributed by atoms with Crippen molar-refractivity contribution in [2.45, 2.75) is 44.1 Å². The van der Waals surface area contributed by atoms with Crippen molar-refractivity contribution in [2.24, 2.45) is 17.8 Å². The number of fused-ring (bicyclic) bond motifs is 1. The summed E-state index contributed by atoms with van der Waals surface area (Å²) in [5.74, 6) is 2.67. The molecule has 38 heavy (non-hydrogen) atoms. The summed E-state index contributed by atoms with van der Waals surface area (Å²) in [6.45, 7) is 0. The van der Waals surface area contributed by atoms with E-state index in [1.165, 1.54) is 19.3 Å². The number of imidazole rings is 1. The second kappa shape index (κ2) is 8.95. The van der Waals surface area contributed by atoms with Gasteiger partial charge in [-0.05, 0) is 111 Å². The number of amides is 2. The Bertz CT molecular complexity index is 1510. The first-order chi connectivity index (χ1) is 18.4. The minimum atomic E-state index is -0.205. The number of benzene rings is 2. The molecule has 8 heteroatoms. The summed E-state index contributed by atoms with van der Waals surface area (Å²) in [5, 5.41) is 6.87. The monoisotopic (exact) mass is 525 g/mol. The maximum Gasteiger partial charge on any atom is 0.270 e. The predicted octanol–water partition coefficient (Wildman–Crippen LogP) is 6.23. The Morgan fingerprint density at radius 1 is 0.895 bits per heavy atom. The minimum absolute atomic E-state index is 0.0517. The van der Waals surface area contributed by atoms with Crippen molar-refractivity contribution in [3.8, 4) is 11.4 Å². The molecule has 0 unspecified atom stereocenters. The van der Waals surface area contributed by atoms with Gasteiger partial charge in [-0.2, -0.15) is 0 Å². The first-order valence-corrected chi connectivity index (χ1v) is 13.6. The van der Waals surface area contributed by atoms with Crippen molar-refractivity contribution in [1.82, 2.24) is 20.3 Å². The van der Waals surface area contributed by atoms with Crippen LogP contribution in [0.1, 0.15) is 59.4 Å². The number of anilines is 1. The molecule has 2 aromatic heterocycles. The van der Waals surface area contributed by atoms with Crippen LogP contribution in [0.5, 0.6) is 0 Å². The van der Waals surface area contributed by atoms with Crippen LogP contribution < -0.4 is 10.6 Å². The molecule has 4 aliphatic carbocycles. The number of H-pyrrole nitrogens is 1. The lowest BCUT2D eigenvalue weighted by Gasteiger charge is -2.56. The molecule has 2 heterocycles. The van der Waals surface area contributed by atoms with E-state index in [2.05, 4.69) is 20.6 Å². The summed E-state index contributed by atoms with van der Waals surface area (Å²) in [7, 11) is 0. The van der Waals surface area contributed by atoms with Gasteiger partial charge in [-0.1, -0.05) is 11.6 Å². The van der Waals surface area contributed by atoms with E-state index in [1.54, 1.807) is 36.5 Å². The Morgan fingerprint density at radius 2 is 1.55 bits per heavy atom. The number of hydrogen-bond donors (Lipinski definition) is 3. The van der Waals surface area contributed by atoms with E-state index >= 15 is 0 Å². The summed E-state index contributed by atoms with van der Waals surface area (Å²) in [6, 6.07) is 16.0. The third kappa shape index (κ3) is 4.35. The molecule has 0 spiro atoms. The van der Waals surface area contributed by atoms with Crippen LogP contribution in [0.25, 0.3) is 22.4 Å². The third-order valence-electron chi connectivity index (χ3n) is 8.54. The quantitative estimate of drug-likeness (QED) is 0.287. The molecule has 4 bridgehead atoms. The lowest BCUT2D eigenvalue weighted by molar-refractivity contribution is -0.0167. The minimum Gasteiger partial charge on any atom is -0.345 e. The fourth-order valence-electron chi connectivity index (χ4n) is 7.25. The summed E-state index contributed by atoms with van der Waals surface area (Å²) in [5.41, 5.74) is 3.90. The number of hydrogen-bond acceptors (Lipinski definition) is 4. The molecular weight excluding hydrogens is 498 g/mol. The van der Waals surface area contributed by atoms with Crippen LogP contribution in [0.3, 0.4) is 0 Å². The van der Waals surface area contributed by atoms with Gasteiger partial charge in [0, 0.05) is 27.4 Å². The van der Waals surface area contributed by atoms with E-state index in [9.17, 15) is 9.59 Å². The highest BCUT2D eigenvalue weighted by molar-refractivity contribution is 6.30. The molecule has 0 atom stereocenters. The smallest absolute Gasteiger partial charge is 0.270 e. The maximum absolute atomic E-state index is 13.2. The molecule has 0 radical (unpaired) electrons. The normalized spacial score (nSPS) is 25.4. The van der Waals surface area contributed by atoms with Crippen LogP contribution in [0.2, 0.25) is 5.02 Å². The van der Waals surface area contributed by atoms with Gasteiger partial charge in [0.15, 0.2) is 0 Å². The molecule has 4 saturated carbocycles. The summed E-state index contributed by atoms with van der Waals surface area (Å²) in [6.07, 6.45) is 9.02. The first kappa shape index (κ1) is 23.4. The van der Waals surface area contributed by atoms with Crippen molar-refractivity contribution in [2.75, 3.05) is 5.32 Å². The number of nitrogens with one attached hydrogen (secondary N) is 3. The van der Waals surface area contributed by atoms with Crippen molar-refractivity contribution in [1.29, 1.82) is 0 Å². The van der Waals surface area contributed by atoms with Gasteiger partial charge in [0.1, 0.15) is 11.5 Å². The number of rotatable bonds is 5. The fraction of sp³-hybridized carbons (Fsp3) is 0.333. The van der Waals surface area contributed by atoms with E-state index in [1.807, 2.05) is 24.3 Å². The lowest BCUT2D eigenvalue weighted by Crippen LogP contribution is -2.59. The van der Waals surface area contributed by atoms with Crippen LogP contribution in [0.15, 0.2) is 60.8 Å². The standard InChI is InChI=1S/C30H28ClN5O2/c31-22-5-1-21(2-6-22)28(37)33-23-7-3-20(4-8-23)27-34-24-12-25(32-16-26(24)35-27)29(38)36-30-13-17-9-18(14-30)11-19(10-17)15-30/h1-8,12,16-19H,9-11,13-15H2,(H,33,37)(H,34,35)(H,36,38). The fourth-order valence-corrected chi connectivity index (χ4v) is 7.38. The van der Waals surface area contributed by atoms with Crippen molar-refractivity contribution in [3.63, 3.8) is 0 Å². The second-order valence-electron chi connectivity index (χ2n) is 11.4. The van der Waals surface area contributed by atoms with Gasteiger partial charge in [-0.15, -0.1) is 0 Å². The number of carbonyl (C=O) groups is 2. The Kier molecular flexibility index (Phi) is 5.51. The molecule has 3 N–H and O–H groups in total. The van der Waals surface area contributed by atoms with Gasteiger partial charge < -0.3 is 15.6 Å². The zero-order valence-corrected chi connectivity index (χ0v) is 21.6. The highest BCUT2D eigenvalue weighted by atomic mass is 35.5. The molecule has 2 amide bonds. The number of aromatic nitrogens is 3. The summed E-state index contributed by atoms with van der Waals surface area (Å²) >= 11 is 5.91. The number of halogens is 1. The van der Waals surface area contributed by atoms with Gasteiger partial charge in [0.2, 0.25) is 0 Å². The molecule has 7 nitrogen and oxygen atoms in total. The van der Waals surface area contributed by atoms with Gasteiger partial charge in [-0.25, -0.2) is 9.97 Å². The molecule has 4 fully saturated rings. The Morgan fingerprint density at radius 3 is 2.21 bits per heavy atom. The van der Waals surface area contributed by atoms with E-state index in [0.29, 0.717) is 33.3 Å². The van der Waals surface area contributed by atoms with E-state index in [0.717, 1.165) is 48.1 Å². The van der Waals surface area contributed by atoms with E-state index < -0.39 is 0 Å². The zero-order chi connectivity index (χ0) is 25.9. The number of aromatic amines is 1. The summed E-state index contributed by atoms with van der Waals surface area (Å²) < 4.78 is 0. The summed E-state index contributed by atoms with van der Waals surface area (Å²) in [4.78, 5) is 38.2. The molecule has 8 rings (SSSR count). The Hall–Kier alpha value is -3.71. The number of carbonyl (C=O) groups excluding carboxylic acids is 2. The average Bonchev–Trinajstić information content (AvgIpc) is 3.32.